The van der Waals surface area contributed by atoms with Gasteiger partial charge < -0.3 is 4.74 Å². The lowest BCUT2D eigenvalue weighted by Gasteiger charge is -2.03. The minimum Gasteiger partial charge on any atom is -0.472 e. The van der Waals surface area contributed by atoms with Crippen molar-refractivity contribution in [1.82, 2.24) is 0 Å². The molecule has 0 saturated heterocycles. The molecule has 0 aliphatic rings. The molecule has 0 saturated carbocycles. The van der Waals surface area contributed by atoms with Crippen molar-refractivity contribution in [2.45, 2.75) is 13.8 Å². The van der Waals surface area contributed by atoms with Crippen molar-refractivity contribution in [2.24, 2.45) is 0 Å². The van der Waals surface area contributed by atoms with E-state index in [0.717, 1.165) is 11.1 Å². The van der Waals surface area contributed by atoms with E-state index >= 15 is 0 Å². The number of hydrogen-bond acceptors (Lipinski definition) is 1. The smallest absolute Gasteiger partial charge is 0.0936 e. The molecule has 0 atom stereocenters. The summed E-state index contributed by atoms with van der Waals surface area (Å²) in [4.78, 5) is 0. The summed E-state index contributed by atoms with van der Waals surface area (Å²) < 4.78 is 5.54. The summed E-state index contributed by atoms with van der Waals surface area (Å²) in [5, 5.41) is 0. The maximum atomic E-state index is 5.54. The predicted octanol–water partition coefficient (Wildman–Crippen LogP) is 5.13. The Kier molecular flexibility index (Phi) is 4.57. The van der Waals surface area contributed by atoms with Gasteiger partial charge in [0.2, 0.25) is 0 Å². The van der Waals surface area contributed by atoms with Gasteiger partial charge in [-0.3, -0.25) is 0 Å². The minimum atomic E-state index is 1.11. The zero-order valence-corrected chi connectivity index (χ0v) is 11.3. The van der Waals surface area contributed by atoms with E-state index in [2.05, 4.69) is 24.3 Å². The van der Waals surface area contributed by atoms with Crippen molar-refractivity contribution in [2.75, 3.05) is 0 Å². The first-order valence-corrected chi connectivity index (χ1v) is 6.37. The SMILES string of the molecule is CC(=COC=C(C)c1ccccc1)c1ccccc1. The molecule has 19 heavy (non-hydrogen) atoms. The highest BCUT2D eigenvalue weighted by molar-refractivity contribution is 5.64. The summed E-state index contributed by atoms with van der Waals surface area (Å²) in [6.07, 6.45) is 3.56. The van der Waals surface area contributed by atoms with Crippen LogP contribution in [0.15, 0.2) is 73.2 Å². The van der Waals surface area contributed by atoms with E-state index < -0.39 is 0 Å². The standard InChI is InChI=1S/C18H18O/c1-15(17-9-5-3-6-10-17)13-19-14-16(2)18-11-7-4-8-12-18/h3-14H,1-2H3. The van der Waals surface area contributed by atoms with Crippen LogP contribution in [0.2, 0.25) is 0 Å². The second kappa shape index (κ2) is 6.60. The van der Waals surface area contributed by atoms with Crippen LogP contribution in [-0.4, -0.2) is 0 Å². The first-order valence-electron chi connectivity index (χ1n) is 6.37. The number of benzene rings is 2. The Balaban J connectivity index is 2.03. The number of ether oxygens (including phenoxy) is 1. The van der Waals surface area contributed by atoms with Crippen LogP contribution in [0.25, 0.3) is 11.1 Å². The average molecular weight is 250 g/mol. The van der Waals surface area contributed by atoms with Gasteiger partial charge in [-0.05, 0) is 36.1 Å². The molecule has 0 fully saturated rings. The lowest BCUT2D eigenvalue weighted by atomic mass is 10.1. The van der Waals surface area contributed by atoms with E-state index in [0.29, 0.717) is 0 Å². The highest BCUT2D eigenvalue weighted by Gasteiger charge is 1.95. The van der Waals surface area contributed by atoms with Crippen LogP contribution in [0, 0.1) is 0 Å². The van der Waals surface area contributed by atoms with E-state index in [-0.39, 0.29) is 0 Å². The van der Waals surface area contributed by atoms with Gasteiger partial charge in [0.15, 0.2) is 0 Å². The van der Waals surface area contributed by atoms with Gasteiger partial charge in [-0.2, -0.15) is 0 Å². The number of hydrogen-bond donors (Lipinski definition) is 0. The van der Waals surface area contributed by atoms with Crippen LogP contribution in [0.4, 0.5) is 0 Å². The minimum absolute atomic E-state index is 1.11. The predicted molar refractivity (Wildman–Crippen MR) is 81.3 cm³/mol. The van der Waals surface area contributed by atoms with Gasteiger partial charge >= 0.3 is 0 Å². The maximum absolute atomic E-state index is 5.54. The van der Waals surface area contributed by atoms with Crippen molar-refractivity contribution < 1.29 is 4.74 Å². The lowest BCUT2D eigenvalue weighted by molar-refractivity contribution is 0.406. The fraction of sp³-hybridized carbons (Fsp3) is 0.111. The highest BCUT2D eigenvalue weighted by atomic mass is 16.5. The van der Waals surface area contributed by atoms with Gasteiger partial charge in [0.05, 0.1) is 12.5 Å². The van der Waals surface area contributed by atoms with Crippen molar-refractivity contribution in [3.8, 4) is 0 Å². The first-order chi connectivity index (χ1) is 9.27. The van der Waals surface area contributed by atoms with E-state index in [1.54, 1.807) is 12.5 Å². The van der Waals surface area contributed by atoms with Crippen LogP contribution in [0.1, 0.15) is 25.0 Å². The van der Waals surface area contributed by atoms with Crippen molar-refractivity contribution >= 4 is 11.1 Å². The Bertz CT molecular complexity index is 512. The molecule has 0 spiro atoms. The normalized spacial score (nSPS) is 12.3. The molecule has 0 aliphatic heterocycles. The van der Waals surface area contributed by atoms with E-state index in [1.807, 2.05) is 50.2 Å². The number of allylic oxidation sites excluding steroid dienone is 2. The van der Waals surface area contributed by atoms with Crippen LogP contribution < -0.4 is 0 Å². The van der Waals surface area contributed by atoms with Gasteiger partial charge in [-0.15, -0.1) is 0 Å². The van der Waals surface area contributed by atoms with Crippen LogP contribution >= 0.6 is 0 Å². The molecule has 0 radical (unpaired) electrons. The summed E-state index contributed by atoms with van der Waals surface area (Å²) >= 11 is 0. The first kappa shape index (κ1) is 13.2. The van der Waals surface area contributed by atoms with Crippen molar-refractivity contribution in [3.63, 3.8) is 0 Å². The Hall–Kier alpha value is -2.28. The molecular weight excluding hydrogens is 232 g/mol. The molecular formula is C18H18O. The quantitative estimate of drug-likeness (QED) is 0.684. The van der Waals surface area contributed by atoms with Crippen molar-refractivity contribution in [1.29, 1.82) is 0 Å². The summed E-state index contributed by atoms with van der Waals surface area (Å²) in [5.74, 6) is 0. The molecule has 0 aromatic heterocycles. The maximum Gasteiger partial charge on any atom is 0.0936 e. The zero-order valence-electron chi connectivity index (χ0n) is 11.3. The van der Waals surface area contributed by atoms with Gasteiger partial charge in [0, 0.05) is 0 Å². The van der Waals surface area contributed by atoms with Crippen molar-refractivity contribution in [3.05, 3.63) is 84.3 Å². The molecule has 1 heteroatoms. The second-order valence-corrected chi connectivity index (χ2v) is 4.47. The molecule has 0 unspecified atom stereocenters. The summed E-state index contributed by atoms with van der Waals surface area (Å²) in [5.41, 5.74) is 4.57. The molecule has 0 amide bonds. The average Bonchev–Trinajstić information content (AvgIpc) is 2.49. The molecule has 0 N–H and O–H groups in total. The summed E-state index contributed by atoms with van der Waals surface area (Å²) in [6.45, 7) is 4.09. The Morgan fingerprint density at radius 2 is 1.05 bits per heavy atom. The Morgan fingerprint density at radius 1 is 0.684 bits per heavy atom. The fourth-order valence-corrected chi connectivity index (χ4v) is 1.78. The van der Waals surface area contributed by atoms with E-state index in [9.17, 15) is 0 Å². The largest absolute Gasteiger partial charge is 0.472 e. The van der Waals surface area contributed by atoms with Crippen LogP contribution in [-0.2, 0) is 4.74 Å². The molecule has 2 aromatic carbocycles. The topological polar surface area (TPSA) is 9.23 Å². The molecule has 2 aromatic rings. The van der Waals surface area contributed by atoms with Crippen LogP contribution in [0.3, 0.4) is 0 Å². The third kappa shape index (κ3) is 3.85. The van der Waals surface area contributed by atoms with Gasteiger partial charge in [0.25, 0.3) is 0 Å². The van der Waals surface area contributed by atoms with Crippen LogP contribution in [0.5, 0.6) is 0 Å². The molecule has 2 rings (SSSR count). The van der Waals surface area contributed by atoms with Gasteiger partial charge in [0.1, 0.15) is 0 Å². The van der Waals surface area contributed by atoms with Gasteiger partial charge in [-0.1, -0.05) is 60.7 Å². The summed E-state index contributed by atoms with van der Waals surface area (Å²) in [7, 11) is 0. The molecule has 0 heterocycles. The summed E-state index contributed by atoms with van der Waals surface area (Å²) in [6, 6.07) is 20.4. The fourth-order valence-electron chi connectivity index (χ4n) is 1.78. The number of rotatable bonds is 4. The Labute approximate surface area is 114 Å². The van der Waals surface area contributed by atoms with E-state index in [1.165, 1.54) is 11.1 Å². The van der Waals surface area contributed by atoms with Gasteiger partial charge in [-0.25, -0.2) is 0 Å². The molecule has 1 nitrogen and oxygen atoms in total. The van der Waals surface area contributed by atoms with E-state index in [4.69, 9.17) is 4.74 Å². The molecule has 0 aliphatic carbocycles. The Morgan fingerprint density at radius 3 is 1.42 bits per heavy atom. The third-order valence-corrected chi connectivity index (χ3v) is 2.95. The third-order valence-electron chi connectivity index (χ3n) is 2.95. The molecule has 96 valence electrons. The highest BCUT2D eigenvalue weighted by Crippen LogP contribution is 2.15. The zero-order chi connectivity index (χ0) is 13.5. The molecule has 0 bridgehead atoms. The monoisotopic (exact) mass is 250 g/mol. The second-order valence-electron chi connectivity index (χ2n) is 4.47. The lowest BCUT2D eigenvalue weighted by Crippen LogP contribution is -1.81.